The van der Waals surface area contributed by atoms with E-state index in [-0.39, 0.29) is 181 Å². The van der Waals surface area contributed by atoms with E-state index in [0.29, 0.717) is 0 Å². The van der Waals surface area contributed by atoms with Crippen LogP contribution in [0.15, 0.2) is 0 Å². The van der Waals surface area contributed by atoms with Crippen LogP contribution in [0.5, 0.6) is 0 Å². The van der Waals surface area contributed by atoms with Gasteiger partial charge in [0.05, 0.1) is 0 Å². The van der Waals surface area contributed by atoms with Gasteiger partial charge in [0.2, 0.25) is 0 Å². The molecule has 0 rings (SSSR count). The number of hydrogen-bond donors (Lipinski definition) is 10. The molecule has 32 heavy (non-hydrogen) atoms. The van der Waals surface area contributed by atoms with Crippen molar-refractivity contribution in [1.82, 2.24) is 0 Å². The van der Waals surface area contributed by atoms with E-state index < -0.39 is 52.0 Å². The Kier molecular flexibility index (Phi) is 85.6. The molecule has 0 saturated heterocycles. The molecule has 0 aliphatic carbocycles. The van der Waals surface area contributed by atoms with Gasteiger partial charge in [0.15, 0.2) is 0 Å². The van der Waals surface area contributed by atoms with Gasteiger partial charge in [-0.05, 0) is 0 Å². The Morgan fingerprint density at radius 1 is 0.250 bits per heavy atom. The topological polar surface area (TPSA) is 373 Å². The van der Waals surface area contributed by atoms with Crippen molar-refractivity contribution in [3.8, 4) is 0 Å². The van der Waals surface area contributed by atoms with Crippen LogP contribution < -0.4 is 0 Å². The summed E-state index contributed by atoms with van der Waals surface area (Å²) in [6, 6.07) is 0. The fraction of sp³-hybridized carbons (Fsp3) is 0. The molecule has 0 radical (unpaired) electrons. The molecule has 0 bridgehead atoms. The van der Waals surface area contributed by atoms with E-state index in [1.54, 1.807) is 0 Å². The molecular formula is H24Mg7O20S5. The summed E-state index contributed by atoms with van der Waals surface area (Å²) in [4.78, 5) is 0. The second-order valence-electron chi connectivity index (χ2n) is 2.24. The summed E-state index contributed by atoms with van der Waals surface area (Å²) in [5.74, 6) is 0. The summed E-state index contributed by atoms with van der Waals surface area (Å²) >= 11 is 0. The average molecular weight is 675 g/mol. The summed E-state index contributed by atoms with van der Waals surface area (Å²) in [5, 5.41) is 0. The van der Waals surface area contributed by atoms with E-state index in [1.807, 2.05) is 0 Å². The molecule has 0 aliphatic rings. The SMILES string of the molecule is O=S(=O)(O)O.O=S(=O)(O)O.O=S(=O)(O)O.O=S(=O)(O)O.O=S(=O)(O)O.[H-].[H-].[H-].[H-].[H-].[H-].[H-].[H-].[H-].[H-].[H-].[H-].[H-].[H-].[Mg+2].[Mg+2].[Mg+2].[Mg+2].[Mg+2].[Mg+2].[Mg+2]. The Bertz CT molecular complexity index is 673. The van der Waals surface area contributed by atoms with Gasteiger partial charge in [0.1, 0.15) is 0 Å². The standard InChI is InChI=1S/7Mg.5H2O4S.14H/c;;;;;;;5*1-5(2,3)4;;;;;;;;;;;;;;/h;;;;;;;5*(H2,1,2,3,4);;;;;;;;;;;;;;/q7*+2;;;;;;14*-1. The van der Waals surface area contributed by atoms with Crippen molar-refractivity contribution in [2.24, 2.45) is 0 Å². The summed E-state index contributed by atoms with van der Waals surface area (Å²) in [6.07, 6.45) is 0. The van der Waals surface area contributed by atoms with Crippen LogP contribution in [0.4, 0.5) is 0 Å². The van der Waals surface area contributed by atoms with Crippen molar-refractivity contribution in [1.29, 1.82) is 0 Å². The Morgan fingerprint density at radius 3 is 0.250 bits per heavy atom. The minimum Gasteiger partial charge on any atom is -1.00 e. The van der Waals surface area contributed by atoms with Crippen LogP contribution >= 0.6 is 0 Å². The van der Waals surface area contributed by atoms with Crippen LogP contribution in [0, 0.1) is 0 Å². The molecule has 0 atom stereocenters. The van der Waals surface area contributed by atoms with E-state index in [2.05, 4.69) is 0 Å². The van der Waals surface area contributed by atoms with Crippen LogP contribution in [0.25, 0.3) is 0 Å². The molecule has 0 unspecified atom stereocenters. The van der Waals surface area contributed by atoms with Gasteiger partial charge in [-0.15, -0.1) is 0 Å². The van der Waals surface area contributed by atoms with Gasteiger partial charge >= 0.3 is 213 Å². The van der Waals surface area contributed by atoms with Gasteiger partial charge in [0, 0.05) is 0 Å². The maximum Gasteiger partial charge on any atom is 2.00 e. The predicted octanol–water partition coefficient (Wildman–Crippen LogP) is -4.35. The van der Waals surface area contributed by atoms with Crippen molar-refractivity contribution in [2.75, 3.05) is 0 Å². The second kappa shape index (κ2) is 35.7. The maximum absolute atomic E-state index is 8.74. The van der Waals surface area contributed by atoms with Crippen molar-refractivity contribution >= 4 is 213 Å². The molecule has 0 aromatic heterocycles. The van der Waals surface area contributed by atoms with E-state index >= 15 is 0 Å². The van der Waals surface area contributed by atoms with Crippen molar-refractivity contribution in [2.45, 2.75) is 0 Å². The zero-order chi connectivity index (χ0) is 22.5. The normalized spacial score (nSPS) is 9.06. The zero-order valence-electron chi connectivity index (χ0n) is 29.5. The summed E-state index contributed by atoms with van der Waals surface area (Å²) in [5.41, 5.74) is 0. The van der Waals surface area contributed by atoms with Gasteiger partial charge in [0.25, 0.3) is 0 Å². The number of rotatable bonds is 0. The Morgan fingerprint density at radius 2 is 0.250 bits per heavy atom. The third-order valence-corrected chi connectivity index (χ3v) is 0. The molecule has 0 aliphatic heterocycles. The van der Waals surface area contributed by atoms with E-state index in [1.165, 1.54) is 0 Å². The Labute approximate surface area is 316 Å². The first kappa shape index (κ1) is 76.7. The van der Waals surface area contributed by atoms with Gasteiger partial charge in [-0.3, -0.25) is 45.5 Å². The van der Waals surface area contributed by atoms with E-state index in [0.717, 1.165) is 0 Å². The van der Waals surface area contributed by atoms with Gasteiger partial charge in [-0.25, -0.2) is 0 Å². The third-order valence-electron chi connectivity index (χ3n) is 0. The zero-order valence-corrected chi connectivity index (χ0v) is 29.5. The molecule has 188 valence electrons. The van der Waals surface area contributed by atoms with Crippen molar-refractivity contribution in [3.05, 3.63) is 0 Å². The fourth-order valence-corrected chi connectivity index (χ4v) is 0. The first-order valence-electron chi connectivity index (χ1n) is 3.49. The molecule has 0 aromatic rings. The largest absolute Gasteiger partial charge is 2.00 e. The summed E-state index contributed by atoms with van der Waals surface area (Å²) < 4.78 is 158. The van der Waals surface area contributed by atoms with Crippen LogP contribution in [-0.4, -0.2) is 249 Å². The second-order valence-corrected chi connectivity index (χ2v) is 6.72. The van der Waals surface area contributed by atoms with E-state index in [4.69, 9.17) is 87.6 Å². The van der Waals surface area contributed by atoms with E-state index in [9.17, 15) is 0 Å². The fourth-order valence-electron chi connectivity index (χ4n) is 0. The van der Waals surface area contributed by atoms with Gasteiger partial charge in [-0.1, -0.05) is 0 Å². The first-order chi connectivity index (χ1) is 10.0. The molecule has 0 saturated carbocycles. The minimum atomic E-state index is -4.67. The summed E-state index contributed by atoms with van der Waals surface area (Å²) in [7, 11) is -23.3. The average Bonchev–Trinajstić information content (AvgIpc) is 1.79. The monoisotopic (exact) mass is 672 g/mol. The predicted molar refractivity (Wildman–Crippen MR) is 127 cm³/mol. The maximum atomic E-state index is 8.74. The quantitative estimate of drug-likeness (QED) is 0.0856. The molecular weight excluding hydrogens is 650 g/mol. The summed E-state index contributed by atoms with van der Waals surface area (Å²) in [6.45, 7) is 0. The Balaban J connectivity index is -0.00000000407. The smallest absolute Gasteiger partial charge is 1.00 e. The first-order valence-corrected chi connectivity index (χ1v) is 10.5. The van der Waals surface area contributed by atoms with Crippen molar-refractivity contribution < 1.29 is 108 Å². The molecule has 0 spiro atoms. The van der Waals surface area contributed by atoms with Crippen LogP contribution in [0.1, 0.15) is 20.0 Å². The van der Waals surface area contributed by atoms with Crippen LogP contribution in [0.3, 0.4) is 0 Å². The minimum absolute atomic E-state index is 0. The van der Waals surface area contributed by atoms with Crippen LogP contribution in [-0.2, 0) is 52.0 Å². The molecule has 0 fully saturated rings. The molecule has 0 aromatic carbocycles. The van der Waals surface area contributed by atoms with Gasteiger partial charge < -0.3 is 20.0 Å². The van der Waals surface area contributed by atoms with Crippen molar-refractivity contribution in [3.63, 3.8) is 0 Å². The molecule has 20 nitrogen and oxygen atoms in total. The molecule has 0 amide bonds. The third kappa shape index (κ3) is 1780. The molecule has 10 N–H and O–H groups in total. The Hall–Kier alpha value is 4.71. The van der Waals surface area contributed by atoms with Crippen LogP contribution in [0.2, 0.25) is 0 Å². The molecule has 0 heterocycles. The number of hydrogen-bond acceptors (Lipinski definition) is 10. The van der Waals surface area contributed by atoms with Gasteiger partial charge in [-0.2, -0.15) is 42.1 Å². The molecule has 32 heteroatoms.